The molecule has 0 aliphatic rings. The van der Waals surface area contributed by atoms with E-state index in [0.29, 0.717) is 15.4 Å². The summed E-state index contributed by atoms with van der Waals surface area (Å²) in [6.45, 7) is 4.16. The van der Waals surface area contributed by atoms with E-state index in [2.05, 4.69) is 19.2 Å². The standard InChI is InChI=1S/C24H23N3O2S2/c1-3-16-10-12-17(13-11-16)25-21(28)15-30-24-26-22-20(14-19(4-2)31-22)23(29)27(24)18-8-6-5-7-9-18/h5-14H,3-4,15H2,1-2H3,(H,25,28). The maximum absolute atomic E-state index is 13.3. The fraction of sp³-hybridized carbons (Fsp3) is 0.208. The Balaban J connectivity index is 1.62. The number of carbonyl (C=O) groups excluding carboxylic acids is 1. The van der Waals surface area contributed by atoms with Gasteiger partial charge in [0.15, 0.2) is 5.16 Å². The summed E-state index contributed by atoms with van der Waals surface area (Å²) in [4.78, 5) is 32.4. The van der Waals surface area contributed by atoms with Crippen molar-refractivity contribution in [1.82, 2.24) is 9.55 Å². The topological polar surface area (TPSA) is 64.0 Å². The Morgan fingerprint density at radius 2 is 1.81 bits per heavy atom. The highest BCUT2D eigenvalue weighted by Crippen LogP contribution is 2.27. The summed E-state index contributed by atoms with van der Waals surface area (Å²) in [5.74, 6) is 0.0235. The average molecular weight is 450 g/mol. The number of fused-ring (bicyclic) bond motifs is 1. The van der Waals surface area contributed by atoms with Crippen LogP contribution >= 0.6 is 23.1 Å². The molecule has 4 aromatic rings. The van der Waals surface area contributed by atoms with Crippen LogP contribution in [0.4, 0.5) is 5.69 Å². The van der Waals surface area contributed by atoms with Crippen LogP contribution < -0.4 is 10.9 Å². The lowest BCUT2D eigenvalue weighted by atomic mass is 10.1. The van der Waals surface area contributed by atoms with Crippen molar-refractivity contribution in [2.75, 3.05) is 11.1 Å². The number of para-hydroxylation sites is 1. The second-order valence-electron chi connectivity index (χ2n) is 7.04. The lowest BCUT2D eigenvalue weighted by Crippen LogP contribution is -2.22. The van der Waals surface area contributed by atoms with E-state index in [4.69, 9.17) is 4.98 Å². The van der Waals surface area contributed by atoms with Gasteiger partial charge in [-0.1, -0.05) is 55.9 Å². The van der Waals surface area contributed by atoms with Gasteiger partial charge in [-0.2, -0.15) is 0 Å². The van der Waals surface area contributed by atoms with Gasteiger partial charge in [0.1, 0.15) is 4.83 Å². The van der Waals surface area contributed by atoms with E-state index in [1.807, 2.05) is 60.7 Å². The van der Waals surface area contributed by atoms with Gasteiger partial charge in [0.25, 0.3) is 5.56 Å². The lowest BCUT2D eigenvalue weighted by Gasteiger charge is -2.12. The molecule has 2 aromatic heterocycles. The first kappa shape index (κ1) is 21.3. The number of aryl methyl sites for hydroxylation is 2. The molecule has 1 amide bonds. The highest BCUT2D eigenvalue weighted by atomic mass is 32.2. The molecule has 0 radical (unpaired) electrons. The first-order chi connectivity index (χ1) is 15.1. The summed E-state index contributed by atoms with van der Waals surface area (Å²) in [5.41, 5.74) is 2.62. The molecule has 0 atom stereocenters. The number of anilines is 1. The fourth-order valence-electron chi connectivity index (χ4n) is 3.24. The Morgan fingerprint density at radius 1 is 1.06 bits per heavy atom. The van der Waals surface area contributed by atoms with Crippen molar-refractivity contribution in [3.8, 4) is 5.69 Å². The number of thioether (sulfide) groups is 1. The molecular formula is C24H23N3O2S2. The highest BCUT2D eigenvalue weighted by Gasteiger charge is 2.17. The smallest absolute Gasteiger partial charge is 0.267 e. The largest absolute Gasteiger partial charge is 0.325 e. The molecule has 0 bridgehead atoms. The van der Waals surface area contributed by atoms with Crippen LogP contribution in [0.5, 0.6) is 0 Å². The average Bonchev–Trinajstić information content (AvgIpc) is 3.22. The Bertz CT molecular complexity index is 1260. The van der Waals surface area contributed by atoms with Gasteiger partial charge in [0.2, 0.25) is 5.91 Å². The Hall–Kier alpha value is -2.90. The van der Waals surface area contributed by atoms with Crippen molar-refractivity contribution >= 4 is 44.9 Å². The molecule has 0 saturated heterocycles. The highest BCUT2D eigenvalue weighted by molar-refractivity contribution is 7.99. The third-order valence-corrected chi connectivity index (χ3v) is 7.04. The molecule has 0 saturated carbocycles. The van der Waals surface area contributed by atoms with E-state index in [1.54, 1.807) is 4.57 Å². The number of rotatable bonds is 7. The summed E-state index contributed by atoms with van der Waals surface area (Å²) in [6.07, 6.45) is 1.81. The first-order valence-electron chi connectivity index (χ1n) is 10.2. The summed E-state index contributed by atoms with van der Waals surface area (Å²) >= 11 is 2.80. The zero-order valence-corrected chi connectivity index (χ0v) is 19.1. The monoisotopic (exact) mass is 449 g/mol. The summed E-state index contributed by atoms with van der Waals surface area (Å²) in [7, 11) is 0. The number of benzene rings is 2. The van der Waals surface area contributed by atoms with Gasteiger partial charge in [-0.25, -0.2) is 4.98 Å². The van der Waals surface area contributed by atoms with Gasteiger partial charge in [0, 0.05) is 10.6 Å². The number of aromatic nitrogens is 2. The predicted molar refractivity (Wildman–Crippen MR) is 130 cm³/mol. The van der Waals surface area contributed by atoms with E-state index in [0.717, 1.165) is 29.1 Å². The van der Waals surface area contributed by atoms with Gasteiger partial charge in [0.05, 0.1) is 16.8 Å². The maximum Gasteiger partial charge on any atom is 0.267 e. The van der Waals surface area contributed by atoms with E-state index >= 15 is 0 Å². The van der Waals surface area contributed by atoms with Gasteiger partial charge in [-0.05, 0) is 48.7 Å². The quantitative estimate of drug-likeness (QED) is 0.307. The van der Waals surface area contributed by atoms with E-state index < -0.39 is 0 Å². The minimum atomic E-state index is -0.136. The maximum atomic E-state index is 13.3. The number of hydrogen-bond donors (Lipinski definition) is 1. The van der Waals surface area contributed by atoms with Crippen LogP contribution in [0.2, 0.25) is 0 Å². The molecule has 2 aromatic carbocycles. The molecule has 1 N–H and O–H groups in total. The molecule has 158 valence electrons. The van der Waals surface area contributed by atoms with Crippen LogP contribution in [0, 0.1) is 0 Å². The Labute approximate surface area is 189 Å². The molecule has 0 aliphatic carbocycles. The Morgan fingerprint density at radius 3 is 2.48 bits per heavy atom. The summed E-state index contributed by atoms with van der Waals surface area (Å²) in [6, 6.07) is 19.2. The number of amides is 1. The Kier molecular flexibility index (Phi) is 6.53. The molecule has 0 spiro atoms. The molecule has 0 unspecified atom stereocenters. The summed E-state index contributed by atoms with van der Waals surface area (Å²) in [5, 5.41) is 4.05. The number of nitrogens with one attached hydrogen (secondary N) is 1. The van der Waals surface area contributed by atoms with Crippen molar-refractivity contribution in [2.24, 2.45) is 0 Å². The molecule has 0 aliphatic heterocycles. The van der Waals surface area contributed by atoms with Crippen molar-refractivity contribution in [1.29, 1.82) is 0 Å². The third kappa shape index (κ3) is 4.73. The zero-order valence-electron chi connectivity index (χ0n) is 17.4. The van der Waals surface area contributed by atoms with Gasteiger partial charge < -0.3 is 5.32 Å². The fourth-order valence-corrected chi connectivity index (χ4v) is 5.06. The van der Waals surface area contributed by atoms with E-state index in [-0.39, 0.29) is 17.2 Å². The molecule has 2 heterocycles. The first-order valence-corrected chi connectivity index (χ1v) is 12.0. The molecule has 4 rings (SSSR count). The van der Waals surface area contributed by atoms with Gasteiger partial charge in [-0.15, -0.1) is 11.3 Å². The number of carbonyl (C=O) groups is 1. The van der Waals surface area contributed by atoms with Crippen LogP contribution in [-0.4, -0.2) is 21.2 Å². The predicted octanol–water partition coefficient (Wildman–Crippen LogP) is 5.30. The van der Waals surface area contributed by atoms with Crippen LogP contribution in [0.3, 0.4) is 0 Å². The number of nitrogens with zero attached hydrogens (tertiary/aromatic N) is 2. The van der Waals surface area contributed by atoms with Gasteiger partial charge >= 0.3 is 0 Å². The van der Waals surface area contributed by atoms with Crippen molar-refractivity contribution in [3.05, 3.63) is 81.5 Å². The third-order valence-electron chi connectivity index (χ3n) is 4.93. The number of thiophene rings is 1. The molecule has 31 heavy (non-hydrogen) atoms. The normalized spacial score (nSPS) is 11.0. The second kappa shape index (κ2) is 9.49. The second-order valence-corrected chi connectivity index (χ2v) is 9.10. The van der Waals surface area contributed by atoms with Crippen molar-refractivity contribution < 1.29 is 4.79 Å². The zero-order chi connectivity index (χ0) is 21.8. The van der Waals surface area contributed by atoms with Crippen LogP contribution in [0.15, 0.2) is 70.6 Å². The SMILES string of the molecule is CCc1ccc(NC(=O)CSc2nc3sc(CC)cc3c(=O)n2-c2ccccc2)cc1. The molecule has 7 heteroatoms. The van der Waals surface area contributed by atoms with E-state index in [1.165, 1.54) is 28.7 Å². The molecule has 5 nitrogen and oxygen atoms in total. The minimum absolute atomic E-state index is 0.106. The molecule has 0 fully saturated rings. The minimum Gasteiger partial charge on any atom is -0.325 e. The van der Waals surface area contributed by atoms with Crippen molar-refractivity contribution in [3.63, 3.8) is 0 Å². The number of hydrogen-bond acceptors (Lipinski definition) is 5. The van der Waals surface area contributed by atoms with Crippen LogP contribution in [0.1, 0.15) is 24.3 Å². The van der Waals surface area contributed by atoms with Gasteiger partial charge in [-0.3, -0.25) is 14.2 Å². The lowest BCUT2D eigenvalue weighted by molar-refractivity contribution is -0.113. The summed E-state index contributed by atoms with van der Waals surface area (Å²) < 4.78 is 1.60. The van der Waals surface area contributed by atoms with Crippen LogP contribution in [-0.2, 0) is 17.6 Å². The van der Waals surface area contributed by atoms with Crippen LogP contribution in [0.25, 0.3) is 15.9 Å². The van der Waals surface area contributed by atoms with Crippen molar-refractivity contribution in [2.45, 2.75) is 31.8 Å². The molecular weight excluding hydrogens is 426 g/mol. The van der Waals surface area contributed by atoms with E-state index in [9.17, 15) is 9.59 Å².